The number of rotatable bonds is 3. The average Bonchev–Trinajstić information content (AvgIpc) is 2.70. The van der Waals surface area contributed by atoms with E-state index < -0.39 is 6.04 Å². The van der Waals surface area contributed by atoms with Crippen molar-refractivity contribution < 1.29 is 14.0 Å². The molecule has 2 heterocycles. The van der Waals surface area contributed by atoms with Crippen LogP contribution in [0.5, 0.6) is 0 Å². The molecule has 0 bridgehead atoms. The number of aromatic nitrogens is 1. The lowest BCUT2D eigenvalue weighted by Crippen LogP contribution is -2.57. The first-order chi connectivity index (χ1) is 8.11. The molecule has 6 nitrogen and oxygen atoms in total. The number of hydrogen-bond donors (Lipinski definition) is 1. The Morgan fingerprint density at radius 1 is 1.59 bits per heavy atom. The van der Waals surface area contributed by atoms with E-state index in [1.807, 2.05) is 6.92 Å². The molecule has 2 amide bonds. The molecule has 1 atom stereocenters. The maximum atomic E-state index is 11.8. The minimum absolute atomic E-state index is 0.0506. The second kappa shape index (κ2) is 4.57. The smallest absolute Gasteiger partial charge is 0.243 e. The van der Waals surface area contributed by atoms with Crippen molar-refractivity contribution in [1.82, 2.24) is 15.2 Å². The Morgan fingerprint density at radius 3 is 2.94 bits per heavy atom. The maximum absolute atomic E-state index is 11.8. The van der Waals surface area contributed by atoms with Gasteiger partial charge in [-0.05, 0) is 13.3 Å². The van der Waals surface area contributed by atoms with E-state index in [4.69, 9.17) is 4.42 Å². The van der Waals surface area contributed by atoms with Gasteiger partial charge in [0, 0.05) is 0 Å². The predicted octanol–water partition coefficient (Wildman–Crippen LogP) is 0.220. The Bertz CT molecular complexity index is 441. The number of amides is 2. The molecule has 1 fully saturated rings. The normalized spacial score (nSPS) is 20.6. The molecule has 0 saturated carbocycles. The van der Waals surface area contributed by atoms with Gasteiger partial charge in [0.05, 0.1) is 19.3 Å². The Balaban J connectivity index is 2.15. The molecule has 0 aliphatic carbocycles. The molecule has 17 heavy (non-hydrogen) atoms. The van der Waals surface area contributed by atoms with Gasteiger partial charge in [0.2, 0.25) is 17.7 Å². The van der Waals surface area contributed by atoms with Crippen molar-refractivity contribution in [3.8, 4) is 0 Å². The lowest BCUT2D eigenvalue weighted by Gasteiger charge is -2.33. The number of hydrogen-bond acceptors (Lipinski definition) is 4. The zero-order chi connectivity index (χ0) is 12.4. The van der Waals surface area contributed by atoms with Crippen LogP contribution < -0.4 is 5.32 Å². The Kier molecular flexibility index (Phi) is 3.12. The molecule has 1 unspecified atom stereocenters. The number of nitrogens with one attached hydrogen (secondary N) is 1. The summed E-state index contributed by atoms with van der Waals surface area (Å²) in [6, 6.07) is -0.427. The third-order valence-electron chi connectivity index (χ3n) is 2.77. The molecular weight excluding hydrogens is 222 g/mol. The van der Waals surface area contributed by atoms with Gasteiger partial charge in [-0.15, -0.1) is 0 Å². The number of carbonyl (C=O) groups excluding carboxylic acids is 2. The predicted molar refractivity (Wildman–Crippen MR) is 58.9 cm³/mol. The van der Waals surface area contributed by atoms with Crippen molar-refractivity contribution in [3.63, 3.8) is 0 Å². The summed E-state index contributed by atoms with van der Waals surface area (Å²) in [5.41, 5.74) is 0. The zero-order valence-corrected chi connectivity index (χ0v) is 9.90. The minimum Gasteiger partial charge on any atom is -0.444 e. The summed E-state index contributed by atoms with van der Waals surface area (Å²) in [5, 5.41) is 2.57. The van der Waals surface area contributed by atoms with Crippen LogP contribution in [0, 0.1) is 6.92 Å². The number of piperazine rings is 1. The van der Waals surface area contributed by atoms with Crippen LogP contribution in [0.25, 0.3) is 0 Å². The Morgan fingerprint density at radius 2 is 2.35 bits per heavy atom. The van der Waals surface area contributed by atoms with Crippen LogP contribution in [-0.2, 0) is 16.1 Å². The van der Waals surface area contributed by atoms with Gasteiger partial charge in [0.15, 0.2) is 0 Å². The fourth-order valence-electron chi connectivity index (χ4n) is 1.92. The van der Waals surface area contributed by atoms with Crippen LogP contribution in [0.4, 0.5) is 0 Å². The van der Waals surface area contributed by atoms with Gasteiger partial charge in [0.1, 0.15) is 11.8 Å². The standard InChI is InChI=1S/C11H15N3O3/c1-3-8-11(16)13-5-10(15)14(8)6-9-12-4-7(2)17-9/h4,8H,3,5-6H2,1-2H3,(H,13,16). The summed E-state index contributed by atoms with van der Waals surface area (Å²) in [6.45, 7) is 3.96. The molecular formula is C11H15N3O3. The Labute approximate surface area is 99.0 Å². The first-order valence-corrected chi connectivity index (χ1v) is 5.60. The highest BCUT2D eigenvalue weighted by Crippen LogP contribution is 2.14. The number of aryl methyl sites for hydroxylation is 1. The van der Waals surface area contributed by atoms with Gasteiger partial charge >= 0.3 is 0 Å². The van der Waals surface area contributed by atoms with E-state index in [2.05, 4.69) is 10.3 Å². The third kappa shape index (κ3) is 2.30. The highest BCUT2D eigenvalue weighted by molar-refractivity contribution is 5.94. The summed E-state index contributed by atoms with van der Waals surface area (Å²) in [4.78, 5) is 28.9. The molecule has 1 aromatic rings. The van der Waals surface area contributed by atoms with Crippen LogP contribution in [0.3, 0.4) is 0 Å². The summed E-state index contributed by atoms with van der Waals surface area (Å²) in [6.07, 6.45) is 2.18. The first kappa shape index (κ1) is 11.6. The van der Waals surface area contributed by atoms with Gasteiger partial charge in [-0.1, -0.05) is 6.92 Å². The number of oxazole rings is 1. The lowest BCUT2D eigenvalue weighted by molar-refractivity contribution is -0.146. The first-order valence-electron chi connectivity index (χ1n) is 5.60. The van der Waals surface area contributed by atoms with Crippen LogP contribution in [0.15, 0.2) is 10.6 Å². The van der Waals surface area contributed by atoms with E-state index in [1.165, 1.54) is 4.90 Å². The van der Waals surface area contributed by atoms with E-state index >= 15 is 0 Å². The SMILES string of the molecule is CCC1C(=O)NCC(=O)N1Cc1ncc(C)o1. The van der Waals surface area contributed by atoms with E-state index in [1.54, 1.807) is 13.1 Å². The summed E-state index contributed by atoms with van der Waals surface area (Å²) < 4.78 is 5.33. The second-order valence-electron chi connectivity index (χ2n) is 4.03. The summed E-state index contributed by atoms with van der Waals surface area (Å²) in [7, 11) is 0. The van der Waals surface area contributed by atoms with Crippen molar-refractivity contribution in [2.75, 3.05) is 6.54 Å². The molecule has 2 rings (SSSR count). The van der Waals surface area contributed by atoms with E-state index in [9.17, 15) is 9.59 Å². The topological polar surface area (TPSA) is 75.4 Å². The van der Waals surface area contributed by atoms with Crippen molar-refractivity contribution in [2.24, 2.45) is 0 Å². The molecule has 0 aromatic carbocycles. The lowest BCUT2D eigenvalue weighted by atomic mass is 10.1. The monoisotopic (exact) mass is 237 g/mol. The number of carbonyl (C=O) groups is 2. The van der Waals surface area contributed by atoms with Crippen LogP contribution in [0.2, 0.25) is 0 Å². The van der Waals surface area contributed by atoms with Crippen molar-refractivity contribution in [2.45, 2.75) is 32.9 Å². The van der Waals surface area contributed by atoms with E-state index in [-0.39, 0.29) is 24.9 Å². The van der Waals surface area contributed by atoms with Crippen molar-refractivity contribution in [1.29, 1.82) is 0 Å². The molecule has 0 spiro atoms. The quantitative estimate of drug-likeness (QED) is 0.816. The fraction of sp³-hybridized carbons (Fsp3) is 0.545. The highest BCUT2D eigenvalue weighted by atomic mass is 16.4. The molecule has 1 saturated heterocycles. The van der Waals surface area contributed by atoms with Gasteiger partial charge in [-0.3, -0.25) is 9.59 Å². The fourth-order valence-corrected chi connectivity index (χ4v) is 1.92. The van der Waals surface area contributed by atoms with E-state index in [0.29, 0.717) is 18.1 Å². The zero-order valence-electron chi connectivity index (χ0n) is 9.90. The molecule has 1 N–H and O–H groups in total. The van der Waals surface area contributed by atoms with Gasteiger partial charge in [-0.25, -0.2) is 4.98 Å². The van der Waals surface area contributed by atoms with Crippen LogP contribution in [0.1, 0.15) is 25.0 Å². The van der Waals surface area contributed by atoms with Crippen LogP contribution in [-0.4, -0.2) is 34.3 Å². The molecule has 92 valence electrons. The molecule has 0 radical (unpaired) electrons. The largest absolute Gasteiger partial charge is 0.444 e. The van der Waals surface area contributed by atoms with Gasteiger partial charge in [0.25, 0.3) is 0 Å². The summed E-state index contributed by atoms with van der Waals surface area (Å²) >= 11 is 0. The average molecular weight is 237 g/mol. The Hall–Kier alpha value is -1.85. The van der Waals surface area contributed by atoms with Gasteiger partial charge in [-0.2, -0.15) is 0 Å². The number of nitrogens with zero attached hydrogens (tertiary/aromatic N) is 2. The molecule has 6 heteroatoms. The summed E-state index contributed by atoms with van der Waals surface area (Å²) in [5.74, 6) is 0.939. The molecule has 1 aromatic heterocycles. The van der Waals surface area contributed by atoms with Crippen LogP contribution >= 0.6 is 0 Å². The van der Waals surface area contributed by atoms with Crippen molar-refractivity contribution in [3.05, 3.63) is 17.8 Å². The van der Waals surface area contributed by atoms with Gasteiger partial charge < -0.3 is 14.6 Å². The molecule has 1 aliphatic rings. The third-order valence-corrected chi connectivity index (χ3v) is 2.77. The molecule has 1 aliphatic heterocycles. The maximum Gasteiger partial charge on any atom is 0.243 e. The minimum atomic E-state index is -0.427. The second-order valence-corrected chi connectivity index (χ2v) is 4.03. The highest BCUT2D eigenvalue weighted by Gasteiger charge is 2.33. The van der Waals surface area contributed by atoms with Crippen molar-refractivity contribution >= 4 is 11.8 Å². The van der Waals surface area contributed by atoms with E-state index in [0.717, 1.165) is 0 Å².